The third-order valence-corrected chi connectivity index (χ3v) is 3.32. The van der Waals surface area contributed by atoms with Crippen LogP contribution in [0.4, 0.5) is 4.39 Å². The molecule has 0 saturated heterocycles. The third-order valence-electron chi connectivity index (χ3n) is 3.32. The molecule has 1 atom stereocenters. The smallest absolute Gasteiger partial charge is 0.326 e. The molecule has 0 bridgehead atoms. The molecule has 1 aromatic heterocycles. The van der Waals surface area contributed by atoms with Gasteiger partial charge < -0.3 is 10.4 Å². The summed E-state index contributed by atoms with van der Waals surface area (Å²) in [7, 11) is 0. The minimum Gasteiger partial charge on any atom is -0.480 e. The van der Waals surface area contributed by atoms with Gasteiger partial charge in [-0.25, -0.2) is 9.18 Å². The summed E-state index contributed by atoms with van der Waals surface area (Å²) in [6.45, 7) is 3.32. The van der Waals surface area contributed by atoms with Crippen LogP contribution in [0.5, 0.6) is 0 Å². The van der Waals surface area contributed by atoms with Crippen LogP contribution in [0, 0.1) is 11.7 Å². The summed E-state index contributed by atoms with van der Waals surface area (Å²) in [4.78, 5) is 35.3. The van der Waals surface area contributed by atoms with E-state index in [4.69, 9.17) is 5.11 Å². The van der Waals surface area contributed by atoms with Crippen LogP contribution in [-0.4, -0.2) is 32.8 Å². The SMILES string of the molecule is CC(C)[C@H](NC(=O)c1ccc(=O)n(-c2ccc(F)cc2)n1)C(=O)O. The van der Waals surface area contributed by atoms with Gasteiger partial charge in [0, 0.05) is 6.07 Å². The molecule has 0 saturated carbocycles. The molecule has 2 aromatic rings. The lowest BCUT2D eigenvalue weighted by Crippen LogP contribution is -2.45. The highest BCUT2D eigenvalue weighted by Crippen LogP contribution is 2.07. The number of amides is 1. The van der Waals surface area contributed by atoms with E-state index in [-0.39, 0.29) is 17.3 Å². The molecule has 2 N–H and O–H groups in total. The van der Waals surface area contributed by atoms with Gasteiger partial charge in [0.25, 0.3) is 11.5 Å². The Hall–Kier alpha value is -3.03. The number of hydrogen-bond donors (Lipinski definition) is 2. The molecule has 1 aromatic carbocycles. The summed E-state index contributed by atoms with van der Waals surface area (Å²) in [6.07, 6.45) is 0. The lowest BCUT2D eigenvalue weighted by molar-refractivity contribution is -0.140. The van der Waals surface area contributed by atoms with E-state index < -0.39 is 29.3 Å². The van der Waals surface area contributed by atoms with E-state index in [2.05, 4.69) is 10.4 Å². The number of benzene rings is 1. The van der Waals surface area contributed by atoms with Crippen molar-refractivity contribution in [3.05, 3.63) is 58.3 Å². The molecule has 2 rings (SSSR count). The standard InChI is InChI=1S/C16H16FN3O4/c1-9(2)14(16(23)24)18-15(22)12-7-8-13(21)20(19-12)11-5-3-10(17)4-6-11/h3-9,14H,1-2H3,(H,18,22)(H,23,24)/t14-/m0/s1. The Kier molecular flexibility index (Phi) is 5.08. The van der Waals surface area contributed by atoms with Crippen LogP contribution in [0.25, 0.3) is 5.69 Å². The van der Waals surface area contributed by atoms with E-state index in [1.54, 1.807) is 13.8 Å². The first kappa shape index (κ1) is 17.3. The zero-order chi connectivity index (χ0) is 17.9. The number of carboxylic acids is 1. The largest absolute Gasteiger partial charge is 0.480 e. The summed E-state index contributed by atoms with van der Waals surface area (Å²) in [5.74, 6) is -2.67. The predicted octanol–water partition coefficient (Wildman–Crippen LogP) is 1.21. The lowest BCUT2D eigenvalue weighted by Gasteiger charge is -2.17. The second kappa shape index (κ2) is 7.03. The van der Waals surface area contributed by atoms with Crippen molar-refractivity contribution in [1.82, 2.24) is 15.1 Å². The molecule has 126 valence electrons. The summed E-state index contributed by atoms with van der Waals surface area (Å²) in [5.41, 5.74) is -0.336. The predicted molar refractivity (Wildman–Crippen MR) is 83.5 cm³/mol. The van der Waals surface area contributed by atoms with Crippen LogP contribution < -0.4 is 10.9 Å². The van der Waals surface area contributed by atoms with Gasteiger partial charge in [0.1, 0.15) is 17.6 Å². The van der Waals surface area contributed by atoms with E-state index in [0.717, 1.165) is 22.9 Å². The van der Waals surface area contributed by atoms with Gasteiger partial charge in [0.05, 0.1) is 5.69 Å². The highest BCUT2D eigenvalue weighted by molar-refractivity contribution is 5.94. The minimum absolute atomic E-state index is 0.120. The number of hydrogen-bond acceptors (Lipinski definition) is 4. The Balaban J connectivity index is 2.33. The maximum atomic E-state index is 13.0. The normalized spacial score (nSPS) is 12.0. The van der Waals surface area contributed by atoms with Crippen LogP contribution in [-0.2, 0) is 4.79 Å². The molecule has 0 unspecified atom stereocenters. The first-order chi connectivity index (χ1) is 11.3. The molecule has 1 heterocycles. The summed E-state index contributed by atoms with van der Waals surface area (Å²) in [5, 5.41) is 15.4. The Morgan fingerprint density at radius 1 is 1.17 bits per heavy atom. The number of rotatable bonds is 5. The maximum Gasteiger partial charge on any atom is 0.326 e. The maximum absolute atomic E-state index is 13.0. The fourth-order valence-corrected chi connectivity index (χ4v) is 2.03. The molecule has 0 radical (unpaired) electrons. The lowest BCUT2D eigenvalue weighted by atomic mass is 10.0. The zero-order valence-electron chi connectivity index (χ0n) is 13.1. The van der Waals surface area contributed by atoms with Crippen LogP contribution >= 0.6 is 0 Å². The highest BCUT2D eigenvalue weighted by atomic mass is 19.1. The molecular weight excluding hydrogens is 317 g/mol. The van der Waals surface area contributed by atoms with Gasteiger partial charge in [-0.1, -0.05) is 13.8 Å². The van der Waals surface area contributed by atoms with Crippen LogP contribution in [0.15, 0.2) is 41.2 Å². The van der Waals surface area contributed by atoms with Gasteiger partial charge in [-0.05, 0) is 36.2 Å². The van der Waals surface area contributed by atoms with Crippen molar-refractivity contribution in [1.29, 1.82) is 0 Å². The van der Waals surface area contributed by atoms with Gasteiger partial charge in [-0.2, -0.15) is 9.78 Å². The van der Waals surface area contributed by atoms with E-state index in [1.165, 1.54) is 18.2 Å². The number of carbonyl (C=O) groups is 2. The number of nitrogens with one attached hydrogen (secondary N) is 1. The van der Waals surface area contributed by atoms with Gasteiger partial charge in [0.2, 0.25) is 0 Å². The Morgan fingerprint density at radius 2 is 1.79 bits per heavy atom. The van der Waals surface area contributed by atoms with E-state index in [0.29, 0.717) is 0 Å². The second-order valence-electron chi connectivity index (χ2n) is 5.48. The number of aromatic nitrogens is 2. The molecule has 0 spiro atoms. The van der Waals surface area contributed by atoms with Crippen molar-refractivity contribution in [2.45, 2.75) is 19.9 Å². The monoisotopic (exact) mass is 333 g/mol. The van der Waals surface area contributed by atoms with Crippen molar-refractivity contribution in [2.75, 3.05) is 0 Å². The number of carbonyl (C=O) groups excluding carboxylic acids is 1. The average Bonchev–Trinajstić information content (AvgIpc) is 2.53. The molecule has 0 aliphatic rings. The number of carboxylic acid groups (broad SMARTS) is 1. The fourth-order valence-electron chi connectivity index (χ4n) is 2.03. The van der Waals surface area contributed by atoms with E-state index in [9.17, 15) is 18.8 Å². The summed E-state index contributed by atoms with van der Waals surface area (Å²) < 4.78 is 13.9. The summed E-state index contributed by atoms with van der Waals surface area (Å²) in [6, 6.07) is 6.28. The van der Waals surface area contributed by atoms with E-state index in [1.807, 2.05) is 0 Å². The minimum atomic E-state index is -1.16. The van der Waals surface area contributed by atoms with Crippen molar-refractivity contribution in [2.24, 2.45) is 5.92 Å². The van der Waals surface area contributed by atoms with Crippen molar-refractivity contribution in [3.63, 3.8) is 0 Å². The Morgan fingerprint density at radius 3 is 2.33 bits per heavy atom. The van der Waals surface area contributed by atoms with Crippen LogP contribution in [0.1, 0.15) is 24.3 Å². The number of nitrogens with zero attached hydrogens (tertiary/aromatic N) is 2. The van der Waals surface area contributed by atoms with Crippen molar-refractivity contribution < 1.29 is 19.1 Å². The molecule has 0 aliphatic heterocycles. The molecule has 1 amide bonds. The molecule has 0 aliphatic carbocycles. The molecule has 8 heteroatoms. The second-order valence-corrected chi connectivity index (χ2v) is 5.48. The van der Waals surface area contributed by atoms with E-state index >= 15 is 0 Å². The van der Waals surface area contributed by atoms with Gasteiger partial charge in [-0.15, -0.1) is 0 Å². The quantitative estimate of drug-likeness (QED) is 0.856. The number of aliphatic carboxylic acids is 1. The highest BCUT2D eigenvalue weighted by Gasteiger charge is 2.24. The third kappa shape index (κ3) is 3.83. The first-order valence-electron chi connectivity index (χ1n) is 7.19. The molecule has 0 fully saturated rings. The molecule has 7 nitrogen and oxygen atoms in total. The zero-order valence-corrected chi connectivity index (χ0v) is 13.1. The average molecular weight is 333 g/mol. The Bertz CT molecular complexity index is 815. The number of halogens is 1. The van der Waals surface area contributed by atoms with Crippen LogP contribution in [0.2, 0.25) is 0 Å². The Labute approximate surface area is 136 Å². The van der Waals surface area contributed by atoms with Crippen LogP contribution in [0.3, 0.4) is 0 Å². The van der Waals surface area contributed by atoms with Gasteiger partial charge >= 0.3 is 5.97 Å². The van der Waals surface area contributed by atoms with Crippen molar-refractivity contribution >= 4 is 11.9 Å². The molecule has 24 heavy (non-hydrogen) atoms. The first-order valence-corrected chi connectivity index (χ1v) is 7.19. The fraction of sp³-hybridized carbons (Fsp3) is 0.250. The molecular formula is C16H16FN3O4. The topological polar surface area (TPSA) is 101 Å². The van der Waals surface area contributed by atoms with Gasteiger partial charge in [0.15, 0.2) is 0 Å². The van der Waals surface area contributed by atoms with Crippen molar-refractivity contribution in [3.8, 4) is 5.69 Å². The van der Waals surface area contributed by atoms with Gasteiger partial charge in [-0.3, -0.25) is 9.59 Å². The summed E-state index contributed by atoms with van der Waals surface area (Å²) >= 11 is 0.